The summed E-state index contributed by atoms with van der Waals surface area (Å²) in [6.07, 6.45) is 4.44. The van der Waals surface area contributed by atoms with Crippen LogP contribution in [0, 0.1) is 11.8 Å². The van der Waals surface area contributed by atoms with E-state index in [4.69, 9.17) is 4.74 Å². The molecule has 4 nitrogen and oxygen atoms in total. The summed E-state index contributed by atoms with van der Waals surface area (Å²) in [7, 11) is 1.77. The molecule has 0 N–H and O–H groups in total. The second kappa shape index (κ2) is 9.57. The monoisotopic (exact) mass is 372 g/mol. The van der Waals surface area contributed by atoms with Gasteiger partial charge >= 0.3 is 0 Å². The molecule has 3 aromatic rings. The maximum atomic E-state index is 12.9. The molecule has 0 saturated heterocycles. The van der Waals surface area contributed by atoms with Crippen molar-refractivity contribution >= 4 is 22.5 Å². The molecule has 1 heterocycles. The molecule has 0 fully saturated rings. The van der Waals surface area contributed by atoms with Gasteiger partial charge in [-0.25, -0.2) is 0 Å². The lowest BCUT2D eigenvalue weighted by Gasteiger charge is -2.18. The van der Waals surface area contributed by atoms with Crippen LogP contribution < -0.4 is 9.64 Å². The third-order valence-electron chi connectivity index (χ3n) is 4.36. The molecule has 0 saturated carbocycles. The molecule has 0 bridgehead atoms. The summed E-state index contributed by atoms with van der Waals surface area (Å²) in [5, 5.41) is 0.947. The molecular formula is C24H24N2O2. The number of aromatic nitrogens is 1. The number of carbonyl (C=O) groups excluding carboxylic acids is 1. The van der Waals surface area contributed by atoms with Gasteiger partial charge in [0.05, 0.1) is 12.1 Å². The third kappa shape index (κ3) is 4.89. The first-order chi connectivity index (χ1) is 13.7. The summed E-state index contributed by atoms with van der Waals surface area (Å²) in [4.78, 5) is 18.8. The van der Waals surface area contributed by atoms with E-state index in [1.165, 1.54) is 0 Å². The second-order valence-corrected chi connectivity index (χ2v) is 6.47. The number of rotatable bonds is 6. The van der Waals surface area contributed by atoms with E-state index in [0.29, 0.717) is 18.6 Å². The first kappa shape index (κ1) is 19.4. The van der Waals surface area contributed by atoms with Crippen LogP contribution in [0.5, 0.6) is 5.75 Å². The van der Waals surface area contributed by atoms with Crippen molar-refractivity contribution in [2.24, 2.45) is 0 Å². The Labute approximate surface area is 166 Å². The van der Waals surface area contributed by atoms with Gasteiger partial charge in [-0.2, -0.15) is 0 Å². The van der Waals surface area contributed by atoms with Crippen LogP contribution in [0.3, 0.4) is 0 Å². The molecule has 0 atom stereocenters. The zero-order chi connectivity index (χ0) is 19.8. The van der Waals surface area contributed by atoms with Crippen molar-refractivity contribution in [2.45, 2.75) is 26.2 Å². The smallest absolute Gasteiger partial charge is 0.258 e. The van der Waals surface area contributed by atoms with Crippen LogP contribution in [0.4, 0.5) is 5.69 Å². The van der Waals surface area contributed by atoms with Crippen molar-refractivity contribution in [3.63, 3.8) is 0 Å². The Hall–Kier alpha value is -3.32. The van der Waals surface area contributed by atoms with Crippen LogP contribution in [-0.4, -0.2) is 24.5 Å². The highest BCUT2D eigenvalue weighted by atomic mass is 16.5. The fraction of sp³-hybridized carbons (Fsp3) is 0.250. The first-order valence-electron chi connectivity index (χ1n) is 9.50. The lowest BCUT2D eigenvalue weighted by molar-refractivity contribution is 0.0993. The van der Waals surface area contributed by atoms with E-state index in [1.807, 2.05) is 54.6 Å². The van der Waals surface area contributed by atoms with Gasteiger partial charge in [0.2, 0.25) is 0 Å². The van der Waals surface area contributed by atoms with Crippen molar-refractivity contribution in [3.05, 3.63) is 66.4 Å². The van der Waals surface area contributed by atoms with Crippen molar-refractivity contribution in [1.82, 2.24) is 4.98 Å². The van der Waals surface area contributed by atoms with Crippen molar-refractivity contribution in [3.8, 4) is 17.6 Å². The van der Waals surface area contributed by atoms with Gasteiger partial charge < -0.3 is 9.64 Å². The molecule has 0 aliphatic rings. The minimum atomic E-state index is -0.0756. The predicted molar refractivity (Wildman–Crippen MR) is 114 cm³/mol. The van der Waals surface area contributed by atoms with Crippen LogP contribution in [0.1, 0.15) is 36.5 Å². The molecule has 0 aliphatic heterocycles. The zero-order valence-electron chi connectivity index (χ0n) is 16.3. The number of nitrogens with zero attached hydrogens (tertiary/aromatic N) is 2. The van der Waals surface area contributed by atoms with Crippen LogP contribution in [-0.2, 0) is 0 Å². The Balaban J connectivity index is 1.68. The lowest BCUT2D eigenvalue weighted by atomic mass is 10.1. The fourth-order valence-corrected chi connectivity index (χ4v) is 2.82. The molecule has 1 amide bonds. The Morgan fingerprint density at radius 2 is 1.93 bits per heavy atom. The number of carbonyl (C=O) groups is 1. The molecule has 0 unspecified atom stereocenters. The number of pyridine rings is 1. The zero-order valence-corrected chi connectivity index (χ0v) is 16.3. The third-order valence-corrected chi connectivity index (χ3v) is 4.36. The highest BCUT2D eigenvalue weighted by molar-refractivity contribution is 6.07. The maximum Gasteiger partial charge on any atom is 0.258 e. The molecule has 0 spiro atoms. The summed E-state index contributed by atoms with van der Waals surface area (Å²) in [6, 6.07) is 16.9. The molecule has 142 valence electrons. The number of unbranched alkanes of at least 4 members (excludes halogenated alkanes) is 1. The molecule has 1 aromatic heterocycles. The van der Waals surface area contributed by atoms with Crippen molar-refractivity contribution in [1.29, 1.82) is 0 Å². The normalized spacial score (nSPS) is 10.2. The average molecular weight is 372 g/mol. The minimum absolute atomic E-state index is 0.0756. The van der Waals surface area contributed by atoms with E-state index in [2.05, 4.69) is 23.7 Å². The molecule has 28 heavy (non-hydrogen) atoms. The minimum Gasteiger partial charge on any atom is -0.493 e. The molecule has 2 aromatic carbocycles. The molecule has 4 heteroatoms. The van der Waals surface area contributed by atoms with E-state index in [9.17, 15) is 4.79 Å². The van der Waals surface area contributed by atoms with E-state index in [-0.39, 0.29) is 5.91 Å². The van der Waals surface area contributed by atoms with Gasteiger partial charge in [-0.15, -0.1) is 5.92 Å². The lowest BCUT2D eigenvalue weighted by Crippen LogP contribution is -2.26. The first-order valence-corrected chi connectivity index (χ1v) is 9.50. The number of ether oxygens (including phenoxy) is 1. The number of hydrogen-bond acceptors (Lipinski definition) is 3. The topological polar surface area (TPSA) is 42.4 Å². The summed E-state index contributed by atoms with van der Waals surface area (Å²) < 4.78 is 5.77. The number of benzene rings is 2. The average Bonchev–Trinajstić information content (AvgIpc) is 2.75. The highest BCUT2D eigenvalue weighted by Gasteiger charge is 2.14. The number of fused-ring (bicyclic) bond motifs is 1. The number of hydrogen-bond donors (Lipinski definition) is 0. The second-order valence-electron chi connectivity index (χ2n) is 6.47. The van der Waals surface area contributed by atoms with Crippen molar-refractivity contribution < 1.29 is 9.53 Å². The van der Waals surface area contributed by atoms with Crippen LogP contribution in [0.2, 0.25) is 0 Å². The molecule has 0 aliphatic carbocycles. The summed E-state index contributed by atoms with van der Waals surface area (Å²) in [5.74, 6) is 6.87. The van der Waals surface area contributed by atoms with Crippen LogP contribution in [0.25, 0.3) is 10.9 Å². The van der Waals surface area contributed by atoms with Crippen LogP contribution in [0.15, 0.2) is 60.8 Å². The quantitative estimate of drug-likeness (QED) is 0.447. The van der Waals surface area contributed by atoms with Gasteiger partial charge in [-0.3, -0.25) is 9.78 Å². The Bertz CT molecular complexity index is 1020. The van der Waals surface area contributed by atoms with Gasteiger partial charge in [-0.1, -0.05) is 25.0 Å². The SMILES string of the molecule is CCCC#CCCOc1cccc(N(C)C(=O)c2ccc3ncccc3c2)c1. The fourth-order valence-electron chi connectivity index (χ4n) is 2.82. The van der Waals surface area contributed by atoms with Gasteiger partial charge in [0, 0.05) is 48.8 Å². The van der Waals surface area contributed by atoms with E-state index in [0.717, 1.165) is 35.2 Å². The van der Waals surface area contributed by atoms with Gasteiger partial charge in [0.1, 0.15) is 5.75 Å². The number of amides is 1. The van der Waals surface area contributed by atoms with E-state index >= 15 is 0 Å². The van der Waals surface area contributed by atoms with Gasteiger partial charge in [0.25, 0.3) is 5.91 Å². The summed E-state index contributed by atoms with van der Waals surface area (Å²) in [5.41, 5.74) is 2.28. The molecule has 3 rings (SSSR count). The number of anilines is 1. The predicted octanol–water partition coefficient (Wildman–Crippen LogP) is 5.08. The molecule has 0 radical (unpaired) electrons. The summed E-state index contributed by atoms with van der Waals surface area (Å²) >= 11 is 0. The molecular weight excluding hydrogens is 348 g/mol. The summed E-state index contributed by atoms with van der Waals surface area (Å²) in [6.45, 7) is 2.65. The highest BCUT2D eigenvalue weighted by Crippen LogP contribution is 2.23. The Morgan fingerprint density at radius 3 is 2.79 bits per heavy atom. The van der Waals surface area contributed by atoms with Gasteiger partial charge in [0.15, 0.2) is 0 Å². The maximum absolute atomic E-state index is 12.9. The van der Waals surface area contributed by atoms with Gasteiger partial charge in [-0.05, 0) is 42.8 Å². The largest absolute Gasteiger partial charge is 0.493 e. The van der Waals surface area contributed by atoms with Crippen molar-refractivity contribution in [2.75, 3.05) is 18.6 Å². The Morgan fingerprint density at radius 1 is 1.07 bits per heavy atom. The van der Waals surface area contributed by atoms with Crippen LogP contribution >= 0.6 is 0 Å². The van der Waals surface area contributed by atoms with E-state index in [1.54, 1.807) is 18.1 Å². The standard InChI is InChI=1S/C24H24N2O2/c1-3-4-5-6-7-16-28-22-12-8-11-21(18-22)26(2)24(27)20-13-14-23-19(17-20)10-9-15-25-23/h8-15,17-18H,3-4,7,16H2,1-2H3. The Kier molecular flexibility index (Phi) is 6.64. The van der Waals surface area contributed by atoms with E-state index < -0.39 is 0 Å².